The van der Waals surface area contributed by atoms with E-state index in [4.69, 9.17) is 14.2 Å². The van der Waals surface area contributed by atoms with Crippen LogP contribution in [0.1, 0.15) is 16.4 Å². The van der Waals surface area contributed by atoms with Crippen molar-refractivity contribution >= 4 is 28.2 Å². The van der Waals surface area contributed by atoms with E-state index in [-0.39, 0.29) is 18.1 Å². The van der Waals surface area contributed by atoms with E-state index >= 15 is 0 Å². The Labute approximate surface area is 219 Å². The van der Waals surface area contributed by atoms with Crippen LogP contribution >= 0.6 is 0 Å². The number of hydrogen-bond acceptors (Lipinski definition) is 8. The molecule has 0 aliphatic carbocycles. The second kappa shape index (κ2) is 10.1. The molecule has 4 heterocycles. The number of hydrogen-bond donors (Lipinski definition) is 2. The van der Waals surface area contributed by atoms with Gasteiger partial charge >= 0.3 is 0 Å². The van der Waals surface area contributed by atoms with Gasteiger partial charge in [-0.2, -0.15) is 5.10 Å². The van der Waals surface area contributed by atoms with E-state index in [0.29, 0.717) is 49.1 Å². The van der Waals surface area contributed by atoms with Gasteiger partial charge < -0.3 is 29.5 Å². The highest BCUT2D eigenvalue weighted by Crippen LogP contribution is 2.32. The van der Waals surface area contributed by atoms with Crippen LogP contribution in [0.25, 0.3) is 21.9 Å². The van der Waals surface area contributed by atoms with E-state index < -0.39 is 6.10 Å². The number of aliphatic hydroxyl groups excluding tert-OH is 1. The highest BCUT2D eigenvalue weighted by Gasteiger charge is 2.31. The van der Waals surface area contributed by atoms with Gasteiger partial charge in [-0.05, 0) is 41.3 Å². The summed E-state index contributed by atoms with van der Waals surface area (Å²) in [7, 11) is 3.24. The summed E-state index contributed by atoms with van der Waals surface area (Å²) in [6.07, 6.45) is 5.11. The topological polar surface area (TPSA) is 111 Å². The van der Waals surface area contributed by atoms with Crippen molar-refractivity contribution in [2.24, 2.45) is 0 Å². The van der Waals surface area contributed by atoms with Crippen molar-refractivity contribution in [2.75, 3.05) is 45.8 Å². The van der Waals surface area contributed by atoms with Gasteiger partial charge in [0.2, 0.25) is 0 Å². The number of likely N-dealkylation sites (tertiary alicyclic amines) is 1. The first-order valence-electron chi connectivity index (χ1n) is 12.5. The average molecular weight is 516 g/mol. The third-order valence-electron chi connectivity index (χ3n) is 7.20. The normalized spacial score (nSPS) is 19.5. The minimum Gasteiger partial charge on any atom is -0.495 e. The molecule has 2 aromatic heterocycles. The highest BCUT2D eigenvalue weighted by atomic mass is 16.5. The summed E-state index contributed by atoms with van der Waals surface area (Å²) in [5.74, 6) is 1.17. The molecule has 0 radical (unpaired) electrons. The minimum atomic E-state index is -0.554. The van der Waals surface area contributed by atoms with Crippen LogP contribution in [0.15, 0.2) is 61.1 Å². The second-order valence-electron chi connectivity index (χ2n) is 9.62. The Morgan fingerprint density at radius 1 is 1.05 bits per heavy atom. The van der Waals surface area contributed by atoms with Gasteiger partial charge in [0.1, 0.15) is 23.7 Å². The van der Waals surface area contributed by atoms with Crippen LogP contribution in [0.4, 0.5) is 11.5 Å². The van der Waals surface area contributed by atoms with Gasteiger partial charge in [0.15, 0.2) is 0 Å². The maximum Gasteiger partial charge on any atom is 0.254 e. The number of aromatic nitrogens is 3. The number of ether oxygens (including phenoxy) is 3. The standard InChI is InChI=1S/C28H29N5O5/c1-36-22-13-32(14-22)28(35)18-5-6-23(26(8-18)37-2)31-27-9-20-7-17(3-4-19(20)10-29-27)21-11-30-33(12-21)24-15-38-16-25(24)34/h3-12,22,24-25,34H,13-16H2,1-2H3,(H,29,31). The molecule has 196 valence electrons. The highest BCUT2D eigenvalue weighted by molar-refractivity contribution is 5.96. The lowest BCUT2D eigenvalue weighted by Crippen LogP contribution is -2.54. The Kier molecular flexibility index (Phi) is 6.44. The van der Waals surface area contributed by atoms with Gasteiger partial charge in [-0.25, -0.2) is 4.98 Å². The van der Waals surface area contributed by atoms with Gasteiger partial charge in [0.05, 0.1) is 38.3 Å². The summed E-state index contributed by atoms with van der Waals surface area (Å²) in [5.41, 5.74) is 3.24. The maximum absolute atomic E-state index is 12.8. The predicted octanol–water partition coefficient (Wildman–Crippen LogP) is 3.25. The lowest BCUT2D eigenvalue weighted by atomic mass is 10.0. The molecular formula is C28H29N5O5. The molecule has 6 rings (SSSR count). The number of methoxy groups -OCH3 is 2. The van der Waals surface area contributed by atoms with Gasteiger partial charge in [-0.1, -0.05) is 12.1 Å². The van der Waals surface area contributed by atoms with E-state index in [1.165, 1.54) is 0 Å². The summed E-state index contributed by atoms with van der Waals surface area (Å²) in [4.78, 5) is 19.1. The number of carbonyl (C=O) groups is 1. The summed E-state index contributed by atoms with van der Waals surface area (Å²) in [5, 5.41) is 19.9. The first-order chi connectivity index (χ1) is 18.5. The van der Waals surface area contributed by atoms with Crippen molar-refractivity contribution in [1.29, 1.82) is 0 Å². The molecule has 4 aromatic rings. The predicted molar refractivity (Wildman–Crippen MR) is 142 cm³/mol. The molecule has 2 aromatic carbocycles. The smallest absolute Gasteiger partial charge is 0.254 e. The fourth-order valence-electron chi connectivity index (χ4n) is 4.84. The van der Waals surface area contributed by atoms with Crippen molar-refractivity contribution in [1.82, 2.24) is 19.7 Å². The van der Waals surface area contributed by atoms with Crippen molar-refractivity contribution in [3.8, 4) is 16.9 Å². The Morgan fingerprint density at radius 2 is 1.92 bits per heavy atom. The van der Waals surface area contributed by atoms with Gasteiger partial charge in [-0.3, -0.25) is 9.48 Å². The number of carbonyl (C=O) groups excluding carboxylic acids is 1. The molecular weight excluding hydrogens is 486 g/mol. The number of pyridine rings is 1. The quantitative estimate of drug-likeness (QED) is 0.386. The molecule has 10 nitrogen and oxygen atoms in total. The summed E-state index contributed by atoms with van der Waals surface area (Å²) in [6.45, 7) is 1.97. The molecule has 2 aliphatic heterocycles. The number of aliphatic hydroxyl groups is 1. The third kappa shape index (κ3) is 4.58. The van der Waals surface area contributed by atoms with Crippen LogP contribution in [-0.4, -0.2) is 83.4 Å². The molecule has 2 atom stereocenters. The first kappa shape index (κ1) is 24.4. The van der Waals surface area contributed by atoms with Crippen LogP contribution < -0.4 is 10.1 Å². The molecule has 2 saturated heterocycles. The van der Waals surface area contributed by atoms with Crippen molar-refractivity contribution < 1.29 is 24.1 Å². The van der Waals surface area contributed by atoms with E-state index in [9.17, 15) is 9.90 Å². The monoisotopic (exact) mass is 515 g/mol. The number of anilines is 2. The Balaban J connectivity index is 1.22. The van der Waals surface area contributed by atoms with Gasteiger partial charge in [0, 0.05) is 49.1 Å². The van der Waals surface area contributed by atoms with Crippen molar-refractivity contribution in [3.05, 3.63) is 66.6 Å². The van der Waals surface area contributed by atoms with Crippen molar-refractivity contribution in [3.63, 3.8) is 0 Å². The molecule has 0 saturated carbocycles. The first-order valence-corrected chi connectivity index (χ1v) is 12.5. The van der Waals surface area contributed by atoms with E-state index in [2.05, 4.69) is 21.5 Å². The van der Waals surface area contributed by atoms with Crippen LogP contribution in [-0.2, 0) is 9.47 Å². The summed E-state index contributed by atoms with van der Waals surface area (Å²) >= 11 is 0. The largest absolute Gasteiger partial charge is 0.495 e. The van der Waals surface area contributed by atoms with E-state index in [0.717, 1.165) is 21.9 Å². The van der Waals surface area contributed by atoms with E-state index in [1.807, 2.05) is 36.7 Å². The SMILES string of the molecule is COc1cc(C(=O)N2CC(OC)C2)ccc1Nc1cc2cc(-c3cnn(C4COCC4O)c3)ccc2cn1. The number of nitrogens with zero attached hydrogens (tertiary/aromatic N) is 4. The van der Waals surface area contributed by atoms with Crippen LogP contribution in [0.2, 0.25) is 0 Å². The molecule has 2 aliphatic rings. The summed E-state index contributed by atoms with van der Waals surface area (Å²) in [6, 6.07) is 13.3. The fraction of sp³-hybridized carbons (Fsp3) is 0.321. The number of nitrogens with one attached hydrogen (secondary N) is 1. The fourth-order valence-corrected chi connectivity index (χ4v) is 4.84. The lowest BCUT2D eigenvalue weighted by Gasteiger charge is -2.38. The minimum absolute atomic E-state index is 0.0437. The van der Waals surface area contributed by atoms with Gasteiger partial charge in [-0.15, -0.1) is 0 Å². The maximum atomic E-state index is 12.8. The lowest BCUT2D eigenvalue weighted by molar-refractivity contribution is -0.0192. The molecule has 2 unspecified atom stereocenters. The number of fused-ring (bicyclic) bond motifs is 1. The Morgan fingerprint density at radius 3 is 2.68 bits per heavy atom. The molecule has 0 spiro atoms. The van der Waals surface area contributed by atoms with Crippen LogP contribution in [0.3, 0.4) is 0 Å². The molecule has 38 heavy (non-hydrogen) atoms. The van der Waals surface area contributed by atoms with Crippen molar-refractivity contribution in [2.45, 2.75) is 18.2 Å². The summed E-state index contributed by atoms with van der Waals surface area (Å²) < 4.78 is 18.0. The molecule has 2 fully saturated rings. The van der Waals surface area contributed by atoms with E-state index in [1.54, 1.807) is 42.1 Å². The second-order valence-corrected chi connectivity index (χ2v) is 9.62. The molecule has 1 amide bonds. The molecule has 10 heteroatoms. The third-order valence-corrected chi connectivity index (χ3v) is 7.20. The number of rotatable bonds is 7. The number of amides is 1. The average Bonchev–Trinajstić information content (AvgIpc) is 3.57. The van der Waals surface area contributed by atoms with Crippen LogP contribution in [0, 0.1) is 0 Å². The van der Waals surface area contributed by atoms with Gasteiger partial charge in [0.25, 0.3) is 5.91 Å². The van der Waals surface area contributed by atoms with Crippen LogP contribution in [0.5, 0.6) is 5.75 Å². The Bertz CT molecular complexity index is 1480. The molecule has 2 N–H and O–H groups in total. The number of benzene rings is 2. The zero-order valence-electron chi connectivity index (χ0n) is 21.2. The molecule has 0 bridgehead atoms. The zero-order chi connectivity index (χ0) is 26.2. The zero-order valence-corrected chi connectivity index (χ0v) is 21.2. The Hall–Kier alpha value is -3.99.